The van der Waals surface area contributed by atoms with Crippen molar-refractivity contribution in [1.29, 1.82) is 0 Å². The third-order valence-corrected chi connectivity index (χ3v) is 7.08. The van der Waals surface area contributed by atoms with Crippen LogP contribution in [0.5, 0.6) is 0 Å². The Hall–Kier alpha value is -2.37. The molecule has 4 aliphatic carbocycles. The molecule has 2 heterocycles. The van der Waals surface area contributed by atoms with Crippen LogP contribution in [0.4, 0.5) is 0 Å². The highest BCUT2D eigenvalue weighted by molar-refractivity contribution is 5.84. The summed E-state index contributed by atoms with van der Waals surface area (Å²) in [5.74, 6) is 2.69. The highest BCUT2D eigenvalue weighted by atomic mass is 16.3. The molecule has 0 radical (unpaired) electrons. The molecule has 0 unspecified atom stereocenters. The maximum absolute atomic E-state index is 13.4. The molecular weight excluding hydrogens is 354 g/mol. The van der Waals surface area contributed by atoms with Gasteiger partial charge in [0.05, 0.1) is 6.26 Å². The van der Waals surface area contributed by atoms with E-state index in [1.807, 2.05) is 0 Å². The topological polar surface area (TPSA) is 77.1 Å². The summed E-state index contributed by atoms with van der Waals surface area (Å²) < 4.78 is 6.69. The van der Waals surface area contributed by atoms with Gasteiger partial charge in [0.2, 0.25) is 5.91 Å². The highest BCUT2D eigenvalue weighted by Gasteiger charge is 2.52. The first-order chi connectivity index (χ1) is 13.3. The van der Waals surface area contributed by atoms with E-state index in [2.05, 4.69) is 10.4 Å². The van der Waals surface area contributed by atoms with Crippen LogP contribution in [0, 0.1) is 17.8 Å². The molecule has 4 saturated carbocycles. The molecule has 0 atom stereocenters. The average Bonchev–Trinajstić information content (AvgIpc) is 3.15. The first-order valence-corrected chi connectivity index (χ1v) is 10.3. The first-order valence-electron chi connectivity index (χ1n) is 10.3. The summed E-state index contributed by atoms with van der Waals surface area (Å²) in [7, 11) is 0. The van der Waals surface area contributed by atoms with Crippen LogP contribution >= 0.6 is 0 Å². The van der Waals surface area contributed by atoms with Crippen LogP contribution in [0.3, 0.4) is 0 Å². The van der Waals surface area contributed by atoms with Crippen molar-refractivity contribution in [3.05, 3.63) is 40.9 Å². The second-order valence-electron chi connectivity index (χ2n) is 9.66. The summed E-state index contributed by atoms with van der Waals surface area (Å²) >= 11 is 0. The molecular formula is C22H27N3O3. The van der Waals surface area contributed by atoms with E-state index in [0.29, 0.717) is 11.5 Å². The summed E-state index contributed by atoms with van der Waals surface area (Å²) in [6.45, 7) is 3.53. The second kappa shape index (κ2) is 6.06. The maximum Gasteiger partial charge on any atom is 0.267 e. The fourth-order valence-electron chi connectivity index (χ4n) is 6.12. The van der Waals surface area contributed by atoms with Gasteiger partial charge in [-0.15, -0.1) is 0 Å². The predicted molar refractivity (Wildman–Crippen MR) is 105 cm³/mol. The minimum Gasteiger partial charge on any atom is -0.463 e. The Morgan fingerprint density at radius 1 is 1.14 bits per heavy atom. The largest absolute Gasteiger partial charge is 0.463 e. The molecule has 6 heteroatoms. The molecule has 1 N–H and O–H groups in total. The van der Waals surface area contributed by atoms with E-state index in [-0.39, 0.29) is 17.0 Å². The lowest BCUT2D eigenvalue weighted by Gasteiger charge is -2.57. The Morgan fingerprint density at radius 3 is 2.36 bits per heavy atom. The van der Waals surface area contributed by atoms with Crippen LogP contribution < -0.4 is 10.9 Å². The quantitative estimate of drug-likeness (QED) is 0.881. The van der Waals surface area contributed by atoms with Crippen molar-refractivity contribution in [2.24, 2.45) is 17.8 Å². The van der Waals surface area contributed by atoms with Crippen molar-refractivity contribution in [1.82, 2.24) is 15.1 Å². The van der Waals surface area contributed by atoms with E-state index in [1.165, 1.54) is 30.0 Å². The summed E-state index contributed by atoms with van der Waals surface area (Å²) in [6.07, 6.45) is 8.78. The van der Waals surface area contributed by atoms with Crippen molar-refractivity contribution in [2.45, 2.75) is 63.5 Å². The molecule has 6 nitrogen and oxygen atoms in total. The van der Waals surface area contributed by atoms with Gasteiger partial charge in [-0.3, -0.25) is 9.59 Å². The van der Waals surface area contributed by atoms with Gasteiger partial charge in [-0.25, -0.2) is 4.68 Å². The molecule has 1 amide bonds. The fraction of sp³-hybridized carbons (Fsp3) is 0.591. The number of nitrogens with zero attached hydrogens (tertiary/aromatic N) is 2. The lowest BCUT2D eigenvalue weighted by molar-refractivity contribution is -0.134. The van der Waals surface area contributed by atoms with Crippen molar-refractivity contribution >= 4 is 5.91 Å². The summed E-state index contributed by atoms with van der Waals surface area (Å²) in [6, 6.07) is 6.65. The third kappa shape index (κ3) is 2.81. The van der Waals surface area contributed by atoms with Crippen LogP contribution in [0.25, 0.3) is 11.5 Å². The molecule has 148 valence electrons. The number of carbonyl (C=O) groups is 1. The van der Waals surface area contributed by atoms with E-state index in [4.69, 9.17) is 4.42 Å². The van der Waals surface area contributed by atoms with Crippen LogP contribution in [0.1, 0.15) is 52.4 Å². The highest BCUT2D eigenvalue weighted by Crippen LogP contribution is 2.55. The standard InChI is InChI=1S/C22H27N3O3/c1-21(2,25-19(26)6-5-17(24-25)18-4-3-7-28-18)20(27)23-22-11-14-8-15(12-22)10-16(9-14)13-22/h3-7,14-16H,8-13H2,1-2H3,(H,23,27). The number of carbonyl (C=O) groups excluding carboxylic acids is 1. The van der Waals surface area contributed by atoms with Gasteiger partial charge in [-0.2, -0.15) is 5.10 Å². The number of nitrogens with one attached hydrogen (secondary N) is 1. The molecule has 2 aromatic rings. The normalized spacial score (nSPS) is 31.1. The Kier molecular flexibility index (Phi) is 3.83. The summed E-state index contributed by atoms with van der Waals surface area (Å²) in [5.41, 5.74) is -0.921. The lowest BCUT2D eigenvalue weighted by Crippen LogP contribution is -2.63. The van der Waals surface area contributed by atoms with Gasteiger partial charge in [-0.1, -0.05) is 0 Å². The van der Waals surface area contributed by atoms with E-state index < -0.39 is 5.54 Å². The Labute approximate surface area is 164 Å². The van der Waals surface area contributed by atoms with Gasteiger partial charge < -0.3 is 9.73 Å². The van der Waals surface area contributed by atoms with Crippen LogP contribution in [-0.4, -0.2) is 21.2 Å². The van der Waals surface area contributed by atoms with Crippen molar-refractivity contribution in [3.8, 4) is 11.5 Å². The van der Waals surface area contributed by atoms with Gasteiger partial charge in [-0.05, 0) is 88.3 Å². The maximum atomic E-state index is 13.4. The first kappa shape index (κ1) is 17.7. The van der Waals surface area contributed by atoms with E-state index in [0.717, 1.165) is 37.0 Å². The zero-order valence-electron chi connectivity index (χ0n) is 16.5. The zero-order valence-corrected chi connectivity index (χ0v) is 16.5. The van der Waals surface area contributed by atoms with Crippen molar-refractivity contribution in [2.75, 3.05) is 0 Å². The molecule has 4 bridgehead atoms. The minimum absolute atomic E-state index is 0.0919. The molecule has 4 fully saturated rings. The molecule has 4 aliphatic rings. The van der Waals surface area contributed by atoms with Gasteiger partial charge in [0.15, 0.2) is 5.76 Å². The number of hydrogen-bond acceptors (Lipinski definition) is 4. The van der Waals surface area contributed by atoms with E-state index >= 15 is 0 Å². The zero-order chi connectivity index (χ0) is 19.5. The number of amides is 1. The third-order valence-electron chi connectivity index (χ3n) is 7.08. The fourth-order valence-corrected chi connectivity index (χ4v) is 6.12. The van der Waals surface area contributed by atoms with Crippen LogP contribution in [0.2, 0.25) is 0 Å². The molecule has 28 heavy (non-hydrogen) atoms. The number of rotatable bonds is 4. The van der Waals surface area contributed by atoms with E-state index in [1.54, 1.807) is 38.3 Å². The van der Waals surface area contributed by atoms with Crippen LogP contribution in [-0.2, 0) is 10.3 Å². The van der Waals surface area contributed by atoms with Crippen molar-refractivity contribution < 1.29 is 9.21 Å². The smallest absolute Gasteiger partial charge is 0.267 e. The van der Waals surface area contributed by atoms with Crippen LogP contribution in [0.15, 0.2) is 39.7 Å². The average molecular weight is 381 g/mol. The second-order valence-corrected chi connectivity index (χ2v) is 9.66. The molecule has 0 saturated heterocycles. The van der Waals surface area contributed by atoms with E-state index in [9.17, 15) is 9.59 Å². The molecule has 6 rings (SSSR count). The van der Waals surface area contributed by atoms with Gasteiger partial charge in [0.1, 0.15) is 11.2 Å². The number of hydrogen-bond donors (Lipinski definition) is 1. The Balaban J connectivity index is 1.43. The summed E-state index contributed by atoms with van der Waals surface area (Å²) in [5, 5.41) is 7.83. The van der Waals surface area contributed by atoms with Crippen molar-refractivity contribution in [3.63, 3.8) is 0 Å². The van der Waals surface area contributed by atoms with Gasteiger partial charge in [0, 0.05) is 11.6 Å². The van der Waals surface area contributed by atoms with Gasteiger partial charge in [0.25, 0.3) is 5.56 Å². The molecule has 0 aliphatic heterocycles. The SMILES string of the molecule is CC(C)(C(=O)NC12CC3CC(CC(C3)C1)C2)n1nc(-c2ccco2)ccc1=O. The lowest BCUT2D eigenvalue weighted by atomic mass is 9.53. The van der Waals surface area contributed by atoms with Gasteiger partial charge >= 0.3 is 0 Å². The predicted octanol–water partition coefficient (Wildman–Crippen LogP) is 3.32. The minimum atomic E-state index is -1.08. The molecule has 0 aromatic carbocycles. The molecule has 2 aromatic heterocycles. The Bertz CT molecular complexity index is 922. The Morgan fingerprint density at radius 2 is 1.79 bits per heavy atom. The summed E-state index contributed by atoms with van der Waals surface area (Å²) in [4.78, 5) is 25.9. The number of furan rings is 1. The monoisotopic (exact) mass is 381 g/mol. The number of aromatic nitrogens is 2. The molecule has 0 spiro atoms.